The van der Waals surface area contributed by atoms with Crippen LogP contribution in [0.15, 0.2) is 72.8 Å². The van der Waals surface area contributed by atoms with Gasteiger partial charge in [-0.05, 0) is 88.7 Å². The SMILES string of the molecule is N[C@@H](Cc1ccc(O)cc1)C(=O)Oc1ccc(Oc2ccc(C[C@@](I)(C(=O)O)N(I)I)cc2)cc1. The molecule has 0 spiro atoms. The Labute approximate surface area is 243 Å². The molecule has 0 aromatic heterocycles. The van der Waals surface area contributed by atoms with E-state index in [1.54, 1.807) is 49.9 Å². The Morgan fingerprint density at radius 2 is 1.37 bits per heavy atom. The molecule has 3 aromatic carbocycles. The third kappa shape index (κ3) is 7.90. The van der Waals surface area contributed by atoms with Gasteiger partial charge in [0.05, 0.1) is 0 Å². The van der Waals surface area contributed by atoms with Gasteiger partial charge in [0.1, 0.15) is 29.0 Å². The van der Waals surface area contributed by atoms with E-state index < -0.39 is 21.5 Å². The summed E-state index contributed by atoms with van der Waals surface area (Å²) < 4.78 is 11.7. The van der Waals surface area contributed by atoms with Crippen molar-refractivity contribution in [2.45, 2.75) is 22.4 Å². The second kappa shape index (κ2) is 12.5. The summed E-state index contributed by atoms with van der Waals surface area (Å²) in [5.41, 5.74) is 7.63. The van der Waals surface area contributed by atoms with Gasteiger partial charge < -0.3 is 25.4 Å². The fraction of sp³-hybridized carbons (Fsp3) is 0.167. The molecule has 4 N–H and O–H groups in total. The van der Waals surface area contributed by atoms with Gasteiger partial charge in [0, 0.05) is 52.1 Å². The summed E-state index contributed by atoms with van der Waals surface area (Å²) in [7, 11) is 0. The van der Waals surface area contributed by atoms with Crippen LogP contribution in [0.3, 0.4) is 0 Å². The van der Waals surface area contributed by atoms with Crippen molar-refractivity contribution in [3.05, 3.63) is 83.9 Å². The summed E-state index contributed by atoms with van der Waals surface area (Å²) in [6, 6.07) is 19.4. The molecule has 0 saturated carbocycles. The van der Waals surface area contributed by atoms with E-state index in [2.05, 4.69) is 0 Å². The Morgan fingerprint density at radius 1 is 0.886 bits per heavy atom. The summed E-state index contributed by atoms with van der Waals surface area (Å²) in [5.74, 6) is 0.145. The maximum absolute atomic E-state index is 12.3. The second-order valence-electron chi connectivity index (χ2n) is 7.59. The number of hydrogen-bond donors (Lipinski definition) is 3. The molecule has 184 valence electrons. The van der Waals surface area contributed by atoms with Crippen LogP contribution in [0.1, 0.15) is 11.1 Å². The molecule has 0 bridgehead atoms. The van der Waals surface area contributed by atoms with E-state index in [1.807, 2.05) is 80.5 Å². The molecule has 0 saturated heterocycles. The molecule has 0 radical (unpaired) electrons. The quantitative estimate of drug-likeness (QED) is 0.0621. The highest BCUT2D eigenvalue weighted by molar-refractivity contribution is 14.2. The van der Waals surface area contributed by atoms with E-state index in [0.29, 0.717) is 23.7 Å². The summed E-state index contributed by atoms with van der Waals surface area (Å²) in [4.78, 5) is 24.0. The molecular formula is C24H21I3N2O6. The van der Waals surface area contributed by atoms with Crippen molar-refractivity contribution in [2.75, 3.05) is 0 Å². The molecular weight excluding hydrogens is 793 g/mol. The maximum atomic E-state index is 12.3. The van der Waals surface area contributed by atoms with E-state index in [-0.39, 0.29) is 12.2 Å². The van der Waals surface area contributed by atoms with Crippen LogP contribution in [0.2, 0.25) is 0 Å². The zero-order valence-electron chi connectivity index (χ0n) is 18.1. The van der Waals surface area contributed by atoms with Crippen molar-refractivity contribution in [2.24, 2.45) is 5.73 Å². The first-order chi connectivity index (χ1) is 16.6. The van der Waals surface area contributed by atoms with Crippen LogP contribution >= 0.6 is 68.3 Å². The van der Waals surface area contributed by atoms with Crippen molar-refractivity contribution < 1.29 is 29.3 Å². The van der Waals surface area contributed by atoms with E-state index in [1.165, 1.54) is 12.1 Å². The molecule has 0 aliphatic heterocycles. The number of rotatable bonds is 10. The first-order valence-electron chi connectivity index (χ1n) is 10.2. The Bertz CT molecular complexity index is 1160. The van der Waals surface area contributed by atoms with Gasteiger partial charge in [-0.15, -0.1) is 0 Å². The monoisotopic (exact) mass is 814 g/mol. The molecule has 0 aliphatic carbocycles. The van der Waals surface area contributed by atoms with Crippen molar-refractivity contribution in [3.8, 4) is 23.0 Å². The molecule has 3 rings (SSSR count). The topological polar surface area (TPSA) is 122 Å². The van der Waals surface area contributed by atoms with Gasteiger partial charge in [-0.1, -0.05) is 24.3 Å². The number of carboxylic acid groups (broad SMARTS) is 1. The van der Waals surface area contributed by atoms with Gasteiger partial charge in [0.25, 0.3) is 0 Å². The van der Waals surface area contributed by atoms with Gasteiger partial charge in [-0.2, -0.15) is 1.33 Å². The number of carbonyl (C=O) groups excluding carboxylic acids is 1. The molecule has 0 unspecified atom stereocenters. The molecule has 11 heteroatoms. The summed E-state index contributed by atoms with van der Waals surface area (Å²) >= 11 is 5.86. The number of nitrogens with zero attached hydrogens (tertiary/aromatic N) is 1. The lowest BCUT2D eigenvalue weighted by Gasteiger charge is -2.26. The highest BCUT2D eigenvalue weighted by Crippen LogP contribution is 2.36. The van der Waals surface area contributed by atoms with Crippen molar-refractivity contribution in [3.63, 3.8) is 0 Å². The van der Waals surface area contributed by atoms with E-state index in [9.17, 15) is 19.8 Å². The number of esters is 1. The van der Waals surface area contributed by atoms with Crippen LogP contribution in [0.4, 0.5) is 0 Å². The van der Waals surface area contributed by atoms with Gasteiger partial charge in [0.15, 0.2) is 3.55 Å². The molecule has 0 aliphatic rings. The number of phenolic OH excluding ortho intramolecular Hbond substituents is 1. The molecule has 8 nitrogen and oxygen atoms in total. The minimum Gasteiger partial charge on any atom is -0.508 e. The number of phenols is 1. The molecule has 0 amide bonds. The lowest BCUT2D eigenvalue weighted by molar-refractivity contribution is -0.140. The van der Waals surface area contributed by atoms with E-state index >= 15 is 0 Å². The predicted octanol–water partition coefficient (Wildman–Crippen LogP) is 5.42. The van der Waals surface area contributed by atoms with Crippen LogP contribution in [-0.4, -0.2) is 33.1 Å². The maximum Gasteiger partial charge on any atom is 0.336 e. The average molecular weight is 814 g/mol. The molecule has 0 heterocycles. The number of halogens is 3. The van der Waals surface area contributed by atoms with Gasteiger partial charge in [0.2, 0.25) is 0 Å². The fourth-order valence-electron chi connectivity index (χ4n) is 3.03. The van der Waals surface area contributed by atoms with Crippen molar-refractivity contribution in [1.82, 2.24) is 1.33 Å². The molecule has 0 fully saturated rings. The zero-order chi connectivity index (χ0) is 25.6. The largest absolute Gasteiger partial charge is 0.508 e. The number of carboxylic acids is 1. The normalized spacial score (nSPS) is 13.6. The zero-order valence-corrected chi connectivity index (χ0v) is 24.6. The number of benzene rings is 3. The third-order valence-electron chi connectivity index (χ3n) is 4.93. The number of aliphatic carboxylic acids is 1. The highest BCUT2D eigenvalue weighted by atomic mass is 127. The van der Waals surface area contributed by atoms with Crippen LogP contribution in [0.25, 0.3) is 0 Å². The number of hydrogen-bond acceptors (Lipinski definition) is 7. The van der Waals surface area contributed by atoms with Gasteiger partial charge >= 0.3 is 11.9 Å². The number of ether oxygens (including phenoxy) is 2. The number of aromatic hydroxyl groups is 1. The smallest absolute Gasteiger partial charge is 0.336 e. The predicted molar refractivity (Wildman–Crippen MR) is 156 cm³/mol. The molecule has 3 aromatic rings. The standard InChI is InChI=1S/C24H21I3N2O6/c25-24(23(32)33,29(26)27)14-16-3-7-18(8-4-16)34-19-9-11-20(12-10-19)35-22(31)21(28)13-15-1-5-17(30)6-2-15/h1-12,21,30H,13-14,28H2,(H,32,33)/t21-,24-/m0/s1. The Kier molecular flexibility index (Phi) is 9.97. The van der Waals surface area contributed by atoms with Crippen LogP contribution in [0, 0.1) is 0 Å². The summed E-state index contributed by atoms with van der Waals surface area (Å²) in [6.07, 6.45) is 0.610. The van der Waals surface area contributed by atoms with Crippen molar-refractivity contribution in [1.29, 1.82) is 0 Å². The lowest BCUT2D eigenvalue weighted by atomic mass is 10.1. The first-order valence-corrected chi connectivity index (χ1v) is 13.2. The van der Waals surface area contributed by atoms with Gasteiger partial charge in [-0.3, -0.25) is 0 Å². The third-order valence-corrected chi connectivity index (χ3v) is 9.75. The lowest BCUT2D eigenvalue weighted by Crippen LogP contribution is -2.41. The number of alkyl halides is 1. The molecule has 35 heavy (non-hydrogen) atoms. The first kappa shape index (κ1) is 27.9. The van der Waals surface area contributed by atoms with E-state index in [4.69, 9.17) is 15.2 Å². The molecule has 2 atom stereocenters. The average Bonchev–Trinajstić information content (AvgIpc) is 2.82. The van der Waals surface area contributed by atoms with Gasteiger partial charge in [-0.25, -0.2) is 9.59 Å². The minimum atomic E-state index is -1.07. The second-order valence-corrected chi connectivity index (χ2v) is 13.2. The minimum absolute atomic E-state index is 0.146. The Hall–Kier alpha value is -1.69. The highest BCUT2D eigenvalue weighted by Gasteiger charge is 2.40. The number of carbonyl (C=O) groups is 2. The van der Waals surface area contributed by atoms with Crippen molar-refractivity contribution >= 4 is 80.3 Å². The Morgan fingerprint density at radius 3 is 1.89 bits per heavy atom. The number of nitrogens with two attached hydrogens (primary N) is 1. The fourth-order valence-corrected chi connectivity index (χ4v) is 4.22. The van der Waals surface area contributed by atoms with Crippen LogP contribution < -0.4 is 15.2 Å². The van der Waals surface area contributed by atoms with E-state index in [0.717, 1.165) is 11.1 Å². The summed E-state index contributed by atoms with van der Waals surface area (Å²) in [5, 5.41) is 18.9. The van der Waals surface area contributed by atoms with Crippen LogP contribution in [-0.2, 0) is 22.4 Å². The summed E-state index contributed by atoms with van der Waals surface area (Å²) in [6.45, 7) is 0. The Balaban J connectivity index is 1.55. The van der Waals surface area contributed by atoms with Crippen LogP contribution in [0.5, 0.6) is 23.0 Å².